The van der Waals surface area contributed by atoms with E-state index in [1.165, 1.54) is 12.8 Å². The Kier molecular flexibility index (Phi) is 3.52. The van der Waals surface area contributed by atoms with Gasteiger partial charge in [-0.25, -0.2) is 4.98 Å². The first-order valence-electron chi connectivity index (χ1n) is 8.08. The van der Waals surface area contributed by atoms with Gasteiger partial charge in [0.05, 0.1) is 12.5 Å². The van der Waals surface area contributed by atoms with Crippen molar-refractivity contribution in [1.29, 1.82) is 0 Å². The lowest BCUT2D eigenvalue weighted by atomic mass is 9.80. The lowest BCUT2D eigenvalue weighted by molar-refractivity contribution is 0.242. The van der Waals surface area contributed by atoms with Crippen molar-refractivity contribution in [3.8, 4) is 5.88 Å². The summed E-state index contributed by atoms with van der Waals surface area (Å²) in [5, 5.41) is 4.01. The summed E-state index contributed by atoms with van der Waals surface area (Å²) in [6.07, 6.45) is 6.94. The van der Waals surface area contributed by atoms with Crippen LogP contribution < -0.4 is 4.74 Å². The number of fused-ring (bicyclic) bond motifs is 1. The highest BCUT2D eigenvalue weighted by Gasteiger charge is 2.54. The molecule has 0 radical (unpaired) electrons. The van der Waals surface area contributed by atoms with Crippen molar-refractivity contribution in [2.45, 2.75) is 38.1 Å². The summed E-state index contributed by atoms with van der Waals surface area (Å²) in [7, 11) is 1.63. The van der Waals surface area contributed by atoms with Crippen LogP contribution in [0.2, 0.25) is 0 Å². The molecule has 0 unspecified atom stereocenters. The van der Waals surface area contributed by atoms with Crippen molar-refractivity contribution < 1.29 is 9.26 Å². The maximum absolute atomic E-state index is 5.56. The highest BCUT2D eigenvalue weighted by molar-refractivity contribution is 5.20. The maximum Gasteiger partial charge on any atom is 0.236 e. The van der Waals surface area contributed by atoms with E-state index in [0.29, 0.717) is 17.6 Å². The molecule has 2 atom stereocenters. The number of likely N-dealkylation sites (tertiary alicyclic amines) is 1. The fourth-order valence-corrected chi connectivity index (χ4v) is 4.21. The molecule has 0 spiro atoms. The topological polar surface area (TPSA) is 77.2 Å². The molecule has 1 saturated heterocycles. The van der Waals surface area contributed by atoms with Crippen molar-refractivity contribution in [3.05, 3.63) is 29.8 Å². The van der Waals surface area contributed by atoms with Crippen molar-refractivity contribution in [2.24, 2.45) is 5.92 Å². The van der Waals surface area contributed by atoms with Crippen LogP contribution in [-0.2, 0) is 12.0 Å². The second kappa shape index (κ2) is 5.56. The molecule has 1 aliphatic carbocycles. The second-order valence-electron chi connectivity index (χ2n) is 6.57. The molecule has 0 amide bonds. The second-order valence-corrected chi connectivity index (χ2v) is 6.57. The van der Waals surface area contributed by atoms with Crippen LogP contribution in [0.1, 0.15) is 36.7 Å². The summed E-state index contributed by atoms with van der Waals surface area (Å²) in [6, 6.07) is 0. The number of ether oxygens (including phenoxy) is 1. The zero-order valence-corrected chi connectivity index (χ0v) is 13.5. The fourth-order valence-electron chi connectivity index (χ4n) is 4.21. The Hall–Kier alpha value is -2.02. The van der Waals surface area contributed by atoms with Gasteiger partial charge in [-0.3, -0.25) is 9.88 Å². The quantitative estimate of drug-likeness (QED) is 0.850. The zero-order chi connectivity index (χ0) is 15.9. The minimum absolute atomic E-state index is 0.0106. The van der Waals surface area contributed by atoms with Gasteiger partial charge in [0, 0.05) is 32.0 Å². The molecule has 122 valence electrons. The van der Waals surface area contributed by atoms with Gasteiger partial charge in [-0.05, 0) is 25.7 Å². The molecule has 0 bridgehead atoms. The maximum atomic E-state index is 5.56. The molecule has 2 aliphatic rings. The van der Waals surface area contributed by atoms with E-state index in [4.69, 9.17) is 9.26 Å². The third-order valence-electron chi connectivity index (χ3n) is 5.20. The molecular weight excluding hydrogens is 294 g/mol. The first-order chi connectivity index (χ1) is 11.2. The smallest absolute Gasteiger partial charge is 0.236 e. The number of rotatable bonds is 4. The molecule has 2 aromatic rings. The van der Waals surface area contributed by atoms with E-state index in [-0.39, 0.29) is 5.41 Å². The minimum atomic E-state index is 0.0106. The van der Waals surface area contributed by atoms with Gasteiger partial charge < -0.3 is 9.26 Å². The van der Waals surface area contributed by atoms with Crippen molar-refractivity contribution in [3.63, 3.8) is 0 Å². The Labute approximate surface area is 135 Å². The molecule has 2 aromatic heterocycles. The average Bonchev–Trinajstić information content (AvgIpc) is 3.22. The summed E-state index contributed by atoms with van der Waals surface area (Å²) in [4.78, 5) is 15.6. The number of hydrogen-bond acceptors (Lipinski definition) is 7. The lowest BCUT2D eigenvalue weighted by Crippen LogP contribution is -2.32. The monoisotopic (exact) mass is 315 g/mol. The Morgan fingerprint density at radius 3 is 3.04 bits per heavy atom. The highest BCUT2D eigenvalue weighted by atomic mass is 16.5. The molecule has 1 aliphatic heterocycles. The predicted octanol–water partition coefficient (Wildman–Crippen LogP) is 1.73. The van der Waals surface area contributed by atoms with Gasteiger partial charge in [0.25, 0.3) is 0 Å². The van der Waals surface area contributed by atoms with E-state index in [2.05, 4.69) is 25.0 Å². The molecule has 7 heteroatoms. The van der Waals surface area contributed by atoms with Crippen LogP contribution in [0, 0.1) is 12.8 Å². The molecule has 0 N–H and O–H groups in total. The van der Waals surface area contributed by atoms with Crippen molar-refractivity contribution >= 4 is 0 Å². The van der Waals surface area contributed by atoms with Gasteiger partial charge >= 0.3 is 0 Å². The first kappa shape index (κ1) is 14.6. The normalized spacial score (nSPS) is 27.3. The van der Waals surface area contributed by atoms with Crippen LogP contribution in [0.4, 0.5) is 0 Å². The largest absolute Gasteiger partial charge is 0.480 e. The summed E-state index contributed by atoms with van der Waals surface area (Å²) >= 11 is 0. The van der Waals surface area contributed by atoms with E-state index < -0.39 is 0 Å². The van der Waals surface area contributed by atoms with Gasteiger partial charge in [0.1, 0.15) is 5.69 Å². The summed E-state index contributed by atoms with van der Waals surface area (Å²) < 4.78 is 10.9. The van der Waals surface area contributed by atoms with E-state index in [9.17, 15) is 0 Å². The van der Waals surface area contributed by atoms with Crippen LogP contribution in [0.15, 0.2) is 16.9 Å². The summed E-state index contributed by atoms with van der Waals surface area (Å²) in [5.74, 6) is 2.71. The fraction of sp³-hybridized carbons (Fsp3) is 0.625. The average molecular weight is 315 g/mol. The molecule has 2 fully saturated rings. The third kappa shape index (κ3) is 2.39. The molecular formula is C16H21N5O2. The molecule has 23 heavy (non-hydrogen) atoms. The number of hydrogen-bond donors (Lipinski definition) is 0. The van der Waals surface area contributed by atoms with Crippen molar-refractivity contribution in [1.82, 2.24) is 25.0 Å². The Bertz CT molecular complexity index is 703. The van der Waals surface area contributed by atoms with E-state index in [0.717, 1.165) is 37.6 Å². The first-order valence-corrected chi connectivity index (χ1v) is 8.08. The summed E-state index contributed by atoms with van der Waals surface area (Å²) in [5.41, 5.74) is 0.892. The molecule has 4 rings (SSSR count). The lowest BCUT2D eigenvalue weighted by Gasteiger charge is -2.24. The standard InChI is InChI=1S/C16H21N5O2/c1-11-19-15(23-20-11)16-5-3-4-12(16)8-21(10-16)9-13-14(22-2)18-7-6-17-13/h6-7,12H,3-5,8-10H2,1-2H3/t12-,16-/m0/s1. The highest BCUT2D eigenvalue weighted by Crippen LogP contribution is 2.50. The number of methoxy groups -OCH3 is 1. The number of aryl methyl sites for hydroxylation is 1. The van der Waals surface area contributed by atoms with Crippen LogP contribution in [0.25, 0.3) is 0 Å². The van der Waals surface area contributed by atoms with Gasteiger partial charge in [-0.2, -0.15) is 4.98 Å². The molecule has 7 nitrogen and oxygen atoms in total. The SMILES string of the molecule is COc1nccnc1CN1C[C@@H]2CCC[C@]2(c2nc(C)no2)C1. The van der Waals surface area contributed by atoms with E-state index in [1.54, 1.807) is 19.5 Å². The minimum Gasteiger partial charge on any atom is -0.480 e. The zero-order valence-electron chi connectivity index (χ0n) is 13.5. The number of aromatic nitrogens is 4. The molecule has 0 aromatic carbocycles. The van der Waals surface area contributed by atoms with E-state index in [1.807, 2.05) is 6.92 Å². The van der Waals surface area contributed by atoms with E-state index >= 15 is 0 Å². The van der Waals surface area contributed by atoms with Crippen LogP contribution >= 0.6 is 0 Å². The Morgan fingerprint density at radius 1 is 1.39 bits per heavy atom. The molecule has 1 saturated carbocycles. The molecule has 3 heterocycles. The van der Waals surface area contributed by atoms with Gasteiger partial charge in [-0.15, -0.1) is 0 Å². The van der Waals surface area contributed by atoms with Crippen molar-refractivity contribution in [2.75, 3.05) is 20.2 Å². The third-order valence-corrected chi connectivity index (χ3v) is 5.20. The van der Waals surface area contributed by atoms with Gasteiger partial charge in [0.15, 0.2) is 5.82 Å². The van der Waals surface area contributed by atoms with Crippen LogP contribution in [-0.4, -0.2) is 45.2 Å². The van der Waals surface area contributed by atoms with Gasteiger partial charge in [0.2, 0.25) is 11.8 Å². The van der Waals surface area contributed by atoms with Crippen LogP contribution in [0.3, 0.4) is 0 Å². The van der Waals surface area contributed by atoms with Crippen LogP contribution in [0.5, 0.6) is 5.88 Å². The summed E-state index contributed by atoms with van der Waals surface area (Å²) in [6.45, 7) is 4.58. The number of nitrogens with zero attached hydrogens (tertiary/aromatic N) is 5. The van der Waals surface area contributed by atoms with Gasteiger partial charge in [-0.1, -0.05) is 11.6 Å². The Morgan fingerprint density at radius 2 is 2.26 bits per heavy atom. The predicted molar refractivity (Wildman–Crippen MR) is 81.9 cm³/mol. The Balaban J connectivity index is 1.58.